The van der Waals surface area contributed by atoms with E-state index in [2.05, 4.69) is 216 Å². The Hall–Kier alpha value is -6.64. The van der Waals surface area contributed by atoms with Crippen LogP contribution >= 0.6 is 0 Å². The average molecular weight is 639 g/mol. The molecular formula is C48H34N2. The van der Waals surface area contributed by atoms with Gasteiger partial charge >= 0.3 is 0 Å². The van der Waals surface area contributed by atoms with Gasteiger partial charge in [0.05, 0.1) is 11.0 Å². The van der Waals surface area contributed by atoms with Crippen molar-refractivity contribution in [3.63, 3.8) is 0 Å². The maximum atomic E-state index is 2.38. The highest BCUT2D eigenvalue weighted by atomic mass is 15.1. The largest absolute Gasteiger partial charge is 0.311 e. The van der Waals surface area contributed by atoms with Crippen LogP contribution in [0.4, 0.5) is 17.1 Å². The zero-order chi connectivity index (χ0) is 33.3. The molecule has 0 fully saturated rings. The summed E-state index contributed by atoms with van der Waals surface area (Å²) >= 11 is 0. The van der Waals surface area contributed by atoms with Gasteiger partial charge in [0, 0.05) is 33.5 Å². The number of benzene rings is 8. The highest BCUT2D eigenvalue weighted by Crippen LogP contribution is 2.39. The molecule has 0 N–H and O–H groups in total. The molecule has 50 heavy (non-hydrogen) atoms. The van der Waals surface area contributed by atoms with E-state index in [4.69, 9.17) is 0 Å². The zero-order valence-electron chi connectivity index (χ0n) is 27.5. The van der Waals surface area contributed by atoms with Gasteiger partial charge in [-0.3, -0.25) is 0 Å². The Morgan fingerprint density at radius 2 is 0.660 bits per heavy atom. The molecule has 1 aromatic heterocycles. The van der Waals surface area contributed by atoms with Crippen LogP contribution in [-0.2, 0) is 0 Å². The van der Waals surface area contributed by atoms with Crippen LogP contribution in [0.5, 0.6) is 0 Å². The molecule has 9 aromatic rings. The number of fused-ring (bicyclic) bond motifs is 3. The Bertz CT molecular complexity index is 2510. The van der Waals surface area contributed by atoms with Crippen molar-refractivity contribution >= 4 is 38.9 Å². The topological polar surface area (TPSA) is 8.17 Å². The van der Waals surface area contributed by atoms with Gasteiger partial charge in [-0.25, -0.2) is 0 Å². The van der Waals surface area contributed by atoms with Gasteiger partial charge in [-0.15, -0.1) is 0 Å². The third-order valence-electron chi connectivity index (χ3n) is 9.57. The first-order valence-corrected chi connectivity index (χ1v) is 17.1. The first kappa shape index (κ1) is 29.5. The lowest BCUT2D eigenvalue weighted by atomic mass is 9.97. The fraction of sp³-hybridized carbons (Fsp3) is 0. The van der Waals surface area contributed by atoms with Crippen molar-refractivity contribution in [2.24, 2.45) is 0 Å². The molecule has 0 radical (unpaired) electrons. The quantitative estimate of drug-likeness (QED) is 0.169. The van der Waals surface area contributed by atoms with E-state index in [1.165, 1.54) is 55.2 Å². The minimum Gasteiger partial charge on any atom is -0.311 e. The summed E-state index contributed by atoms with van der Waals surface area (Å²) in [7, 11) is 0. The summed E-state index contributed by atoms with van der Waals surface area (Å²) in [5, 5.41) is 2.50. The van der Waals surface area contributed by atoms with Crippen molar-refractivity contribution in [3.05, 3.63) is 206 Å². The number of aromatic nitrogens is 1. The van der Waals surface area contributed by atoms with Crippen LogP contribution in [0.3, 0.4) is 0 Å². The van der Waals surface area contributed by atoms with Crippen molar-refractivity contribution in [1.82, 2.24) is 4.57 Å². The molecule has 8 aromatic carbocycles. The molecule has 9 rings (SSSR count). The number of nitrogens with zero attached hydrogens (tertiary/aromatic N) is 2. The van der Waals surface area contributed by atoms with Gasteiger partial charge in [0.1, 0.15) is 0 Å². The second-order valence-electron chi connectivity index (χ2n) is 12.6. The molecular weight excluding hydrogens is 605 g/mol. The summed E-state index contributed by atoms with van der Waals surface area (Å²) in [5.74, 6) is 0. The van der Waals surface area contributed by atoms with Gasteiger partial charge in [-0.1, -0.05) is 127 Å². The van der Waals surface area contributed by atoms with Gasteiger partial charge in [-0.05, 0) is 112 Å². The van der Waals surface area contributed by atoms with Gasteiger partial charge in [0.2, 0.25) is 0 Å². The lowest BCUT2D eigenvalue weighted by Gasteiger charge is -2.25. The van der Waals surface area contributed by atoms with Crippen LogP contribution in [0, 0.1) is 0 Å². The number of hydrogen-bond donors (Lipinski definition) is 0. The van der Waals surface area contributed by atoms with E-state index in [1.807, 2.05) is 0 Å². The standard InChI is InChI=1S/C48H34N2/c1-5-14-35(15-6-1)39-26-30-47-45(33-39)46-34-40(27-31-48(46)50(47)43-22-11-4-12-23-43)38-17-13-16-37(32-38)36-24-28-44(29-25-36)49(41-18-7-2-8-19-41)42-20-9-3-10-21-42/h1-34H. The van der Waals surface area contributed by atoms with E-state index in [9.17, 15) is 0 Å². The smallest absolute Gasteiger partial charge is 0.0541 e. The van der Waals surface area contributed by atoms with E-state index in [1.54, 1.807) is 0 Å². The van der Waals surface area contributed by atoms with Crippen LogP contribution in [0.15, 0.2) is 206 Å². The summed E-state index contributed by atoms with van der Waals surface area (Å²) in [5.41, 5.74) is 14.2. The van der Waals surface area contributed by atoms with Crippen LogP contribution in [-0.4, -0.2) is 4.57 Å². The molecule has 0 amide bonds. The van der Waals surface area contributed by atoms with Crippen molar-refractivity contribution in [2.45, 2.75) is 0 Å². The van der Waals surface area contributed by atoms with Crippen LogP contribution in [0.25, 0.3) is 60.9 Å². The molecule has 0 spiro atoms. The average Bonchev–Trinajstić information content (AvgIpc) is 3.53. The van der Waals surface area contributed by atoms with Crippen LogP contribution < -0.4 is 4.90 Å². The Balaban J connectivity index is 1.12. The highest BCUT2D eigenvalue weighted by Gasteiger charge is 2.16. The molecule has 0 saturated heterocycles. The zero-order valence-corrected chi connectivity index (χ0v) is 27.5. The molecule has 0 saturated carbocycles. The van der Waals surface area contributed by atoms with Crippen molar-refractivity contribution in [3.8, 4) is 39.1 Å². The summed E-state index contributed by atoms with van der Waals surface area (Å²) in [4.78, 5) is 2.30. The summed E-state index contributed by atoms with van der Waals surface area (Å²) in [6.45, 7) is 0. The fourth-order valence-electron chi connectivity index (χ4n) is 7.15. The Morgan fingerprint density at radius 3 is 1.22 bits per heavy atom. The fourth-order valence-corrected chi connectivity index (χ4v) is 7.15. The maximum Gasteiger partial charge on any atom is 0.0541 e. The minimum absolute atomic E-state index is 1.12. The number of anilines is 3. The SMILES string of the molecule is c1ccc(-c2ccc3c(c2)c2cc(-c4cccc(-c5ccc(N(c6ccccc6)c6ccccc6)cc5)c4)ccc2n3-c2ccccc2)cc1. The summed E-state index contributed by atoms with van der Waals surface area (Å²) in [6, 6.07) is 74.0. The van der Waals surface area contributed by atoms with Crippen molar-refractivity contribution in [1.29, 1.82) is 0 Å². The summed E-state index contributed by atoms with van der Waals surface area (Å²) < 4.78 is 2.38. The highest BCUT2D eigenvalue weighted by molar-refractivity contribution is 6.11. The number of para-hydroxylation sites is 3. The van der Waals surface area contributed by atoms with Gasteiger partial charge in [-0.2, -0.15) is 0 Å². The first-order valence-electron chi connectivity index (χ1n) is 17.1. The van der Waals surface area contributed by atoms with Gasteiger partial charge in [0.25, 0.3) is 0 Å². The molecule has 2 heteroatoms. The molecule has 2 nitrogen and oxygen atoms in total. The van der Waals surface area contributed by atoms with E-state index >= 15 is 0 Å². The van der Waals surface area contributed by atoms with Gasteiger partial charge < -0.3 is 9.47 Å². The third kappa shape index (κ3) is 5.43. The van der Waals surface area contributed by atoms with E-state index in [0.717, 1.165) is 22.7 Å². The Kier molecular flexibility index (Phi) is 7.53. The molecule has 0 unspecified atom stereocenters. The van der Waals surface area contributed by atoms with Gasteiger partial charge in [0.15, 0.2) is 0 Å². The molecule has 0 aliphatic carbocycles. The summed E-state index contributed by atoms with van der Waals surface area (Å²) in [6.07, 6.45) is 0. The van der Waals surface area contributed by atoms with Crippen LogP contribution in [0.2, 0.25) is 0 Å². The predicted molar refractivity (Wildman–Crippen MR) is 212 cm³/mol. The lowest BCUT2D eigenvalue weighted by molar-refractivity contribution is 1.18. The van der Waals surface area contributed by atoms with E-state index in [0.29, 0.717) is 0 Å². The molecule has 0 bridgehead atoms. The minimum atomic E-state index is 1.12. The van der Waals surface area contributed by atoms with E-state index < -0.39 is 0 Å². The lowest BCUT2D eigenvalue weighted by Crippen LogP contribution is -2.09. The molecule has 0 aliphatic rings. The second-order valence-corrected chi connectivity index (χ2v) is 12.6. The first-order chi connectivity index (χ1) is 24.8. The number of hydrogen-bond acceptors (Lipinski definition) is 1. The molecule has 0 aliphatic heterocycles. The van der Waals surface area contributed by atoms with E-state index in [-0.39, 0.29) is 0 Å². The Labute approximate surface area is 292 Å². The molecule has 1 heterocycles. The molecule has 0 atom stereocenters. The van der Waals surface area contributed by atoms with Crippen molar-refractivity contribution in [2.75, 3.05) is 4.90 Å². The third-order valence-corrected chi connectivity index (χ3v) is 9.57. The van der Waals surface area contributed by atoms with Crippen molar-refractivity contribution < 1.29 is 0 Å². The normalized spacial score (nSPS) is 11.2. The Morgan fingerprint density at radius 1 is 0.280 bits per heavy atom. The number of rotatable bonds is 7. The molecule has 236 valence electrons. The van der Waals surface area contributed by atoms with Crippen LogP contribution in [0.1, 0.15) is 0 Å². The second kappa shape index (κ2) is 12.8. The monoisotopic (exact) mass is 638 g/mol. The predicted octanol–water partition coefficient (Wildman–Crippen LogP) is 13.3. The maximum absolute atomic E-state index is 2.38.